The maximum absolute atomic E-state index is 12.6. The first-order valence-electron chi connectivity index (χ1n) is 10.4. The van der Waals surface area contributed by atoms with E-state index in [0.29, 0.717) is 12.3 Å². The molecule has 2 N–H and O–H groups in total. The number of aliphatic hydroxyl groups excluding tert-OH is 1. The summed E-state index contributed by atoms with van der Waals surface area (Å²) in [6.45, 7) is 0.772. The number of aliphatic hydroxyl groups is 1. The average Bonchev–Trinajstić information content (AvgIpc) is 3.42. The highest BCUT2D eigenvalue weighted by Crippen LogP contribution is 2.29. The number of nitrogens with zero attached hydrogens (tertiary/aromatic N) is 2. The summed E-state index contributed by atoms with van der Waals surface area (Å²) >= 11 is 0. The number of amides is 1. The van der Waals surface area contributed by atoms with Crippen molar-refractivity contribution in [3.8, 4) is 5.75 Å². The number of para-hydroxylation sites is 1. The number of hydrogen-bond acceptors (Lipinski definition) is 4. The molecule has 1 unspecified atom stereocenters. The van der Waals surface area contributed by atoms with Crippen LogP contribution in [0.15, 0.2) is 42.7 Å². The lowest BCUT2D eigenvalue weighted by Crippen LogP contribution is -2.40. The van der Waals surface area contributed by atoms with Crippen LogP contribution < -0.4 is 10.1 Å². The molecule has 2 aromatic rings. The van der Waals surface area contributed by atoms with Crippen LogP contribution in [-0.2, 0) is 17.8 Å². The Labute approximate surface area is 165 Å². The van der Waals surface area contributed by atoms with Crippen molar-refractivity contribution in [3.05, 3.63) is 48.3 Å². The van der Waals surface area contributed by atoms with Gasteiger partial charge in [0.1, 0.15) is 5.75 Å². The number of hydrogen-bond donors (Lipinski definition) is 2. The Balaban J connectivity index is 1.32. The zero-order valence-electron chi connectivity index (χ0n) is 16.2. The molecular formula is C22H29N3O3. The number of carbonyl (C=O) groups is 1. The normalized spacial score (nSPS) is 25.1. The molecule has 3 atom stereocenters. The minimum Gasteiger partial charge on any atom is -0.490 e. The molecule has 2 fully saturated rings. The maximum atomic E-state index is 12.6. The van der Waals surface area contributed by atoms with Crippen LogP contribution in [-0.4, -0.2) is 39.0 Å². The number of aromatic nitrogens is 2. The van der Waals surface area contributed by atoms with E-state index in [-0.39, 0.29) is 24.5 Å². The molecule has 2 aliphatic carbocycles. The Morgan fingerprint density at radius 2 is 2.04 bits per heavy atom. The van der Waals surface area contributed by atoms with Crippen LogP contribution in [0.4, 0.5) is 0 Å². The Kier molecular flexibility index (Phi) is 5.95. The van der Waals surface area contributed by atoms with Gasteiger partial charge >= 0.3 is 0 Å². The summed E-state index contributed by atoms with van der Waals surface area (Å²) in [4.78, 5) is 12.6. The van der Waals surface area contributed by atoms with E-state index >= 15 is 0 Å². The van der Waals surface area contributed by atoms with Crippen molar-refractivity contribution < 1.29 is 14.6 Å². The Bertz CT molecular complexity index is 771. The van der Waals surface area contributed by atoms with Crippen molar-refractivity contribution in [2.45, 2.75) is 69.7 Å². The van der Waals surface area contributed by atoms with Crippen LogP contribution in [0.2, 0.25) is 0 Å². The molecule has 6 heteroatoms. The topological polar surface area (TPSA) is 76.4 Å². The SMILES string of the molecule is O=C(Cc1ccccc1OC1CCCC1)N[C@@H]1CC(Cn2cccn2)C[C@H]1O. The summed E-state index contributed by atoms with van der Waals surface area (Å²) in [5, 5.41) is 17.6. The molecule has 0 aliphatic heterocycles. The van der Waals surface area contributed by atoms with E-state index in [1.54, 1.807) is 6.20 Å². The second kappa shape index (κ2) is 8.78. The molecule has 150 valence electrons. The van der Waals surface area contributed by atoms with Crippen molar-refractivity contribution in [1.82, 2.24) is 15.1 Å². The molecule has 1 amide bonds. The van der Waals surface area contributed by atoms with Crippen LogP contribution in [0.1, 0.15) is 44.1 Å². The molecule has 2 aliphatic rings. The number of ether oxygens (including phenoxy) is 1. The number of carbonyl (C=O) groups excluding carboxylic acids is 1. The van der Waals surface area contributed by atoms with Crippen LogP contribution in [0.5, 0.6) is 5.75 Å². The van der Waals surface area contributed by atoms with Gasteiger partial charge in [0.25, 0.3) is 0 Å². The molecule has 4 rings (SSSR count). The third-order valence-electron chi connectivity index (χ3n) is 5.90. The Morgan fingerprint density at radius 1 is 1.21 bits per heavy atom. The van der Waals surface area contributed by atoms with Crippen molar-refractivity contribution in [2.75, 3.05) is 0 Å². The summed E-state index contributed by atoms with van der Waals surface area (Å²) in [7, 11) is 0. The molecule has 1 aromatic heterocycles. The van der Waals surface area contributed by atoms with Crippen molar-refractivity contribution in [3.63, 3.8) is 0 Å². The lowest BCUT2D eigenvalue weighted by Gasteiger charge is -2.19. The van der Waals surface area contributed by atoms with Gasteiger partial charge in [0.2, 0.25) is 5.91 Å². The summed E-state index contributed by atoms with van der Waals surface area (Å²) in [6.07, 6.45) is 9.79. The molecule has 1 aromatic carbocycles. The van der Waals surface area contributed by atoms with Gasteiger partial charge in [-0.05, 0) is 56.6 Å². The number of benzene rings is 1. The monoisotopic (exact) mass is 383 g/mol. The van der Waals surface area contributed by atoms with Crippen LogP contribution >= 0.6 is 0 Å². The molecule has 28 heavy (non-hydrogen) atoms. The van der Waals surface area contributed by atoms with E-state index in [2.05, 4.69) is 10.4 Å². The average molecular weight is 383 g/mol. The first-order chi connectivity index (χ1) is 13.7. The second-order valence-electron chi connectivity index (χ2n) is 8.12. The fraction of sp³-hybridized carbons (Fsp3) is 0.545. The summed E-state index contributed by atoms with van der Waals surface area (Å²) < 4.78 is 8.02. The summed E-state index contributed by atoms with van der Waals surface area (Å²) in [5.74, 6) is 1.07. The zero-order valence-corrected chi connectivity index (χ0v) is 16.2. The first kappa shape index (κ1) is 19.0. The summed E-state index contributed by atoms with van der Waals surface area (Å²) in [5.41, 5.74) is 0.910. The molecule has 6 nitrogen and oxygen atoms in total. The van der Waals surface area contributed by atoms with Crippen LogP contribution in [0.3, 0.4) is 0 Å². The van der Waals surface area contributed by atoms with E-state index in [1.807, 2.05) is 41.2 Å². The van der Waals surface area contributed by atoms with Gasteiger partial charge in [-0.3, -0.25) is 9.48 Å². The van der Waals surface area contributed by atoms with Crippen LogP contribution in [0, 0.1) is 5.92 Å². The molecule has 0 saturated heterocycles. The maximum Gasteiger partial charge on any atom is 0.224 e. The first-order valence-corrected chi connectivity index (χ1v) is 10.4. The predicted molar refractivity (Wildman–Crippen MR) is 106 cm³/mol. The Morgan fingerprint density at radius 3 is 2.82 bits per heavy atom. The minimum atomic E-state index is -0.505. The molecule has 2 saturated carbocycles. The van der Waals surface area contributed by atoms with Gasteiger partial charge in [0.15, 0.2) is 0 Å². The van der Waals surface area contributed by atoms with E-state index < -0.39 is 6.10 Å². The van der Waals surface area contributed by atoms with E-state index in [4.69, 9.17) is 4.74 Å². The fourth-order valence-electron chi connectivity index (χ4n) is 4.48. The summed E-state index contributed by atoms with van der Waals surface area (Å²) in [6, 6.07) is 9.49. The number of nitrogens with one attached hydrogen (secondary N) is 1. The highest BCUT2D eigenvalue weighted by atomic mass is 16.5. The molecular weight excluding hydrogens is 354 g/mol. The molecule has 0 bridgehead atoms. The lowest BCUT2D eigenvalue weighted by molar-refractivity contribution is -0.121. The molecule has 0 radical (unpaired) electrons. The van der Waals surface area contributed by atoms with E-state index in [9.17, 15) is 9.90 Å². The van der Waals surface area contributed by atoms with Gasteiger partial charge in [-0.15, -0.1) is 0 Å². The number of rotatable bonds is 7. The molecule has 0 spiro atoms. The van der Waals surface area contributed by atoms with E-state index in [1.165, 1.54) is 12.8 Å². The van der Waals surface area contributed by atoms with Gasteiger partial charge in [0, 0.05) is 24.5 Å². The zero-order chi connectivity index (χ0) is 19.3. The Hall–Kier alpha value is -2.34. The van der Waals surface area contributed by atoms with E-state index in [0.717, 1.165) is 37.1 Å². The van der Waals surface area contributed by atoms with Crippen molar-refractivity contribution >= 4 is 5.91 Å². The van der Waals surface area contributed by atoms with Crippen LogP contribution in [0.25, 0.3) is 0 Å². The van der Waals surface area contributed by atoms with Crippen molar-refractivity contribution in [1.29, 1.82) is 0 Å². The largest absolute Gasteiger partial charge is 0.490 e. The smallest absolute Gasteiger partial charge is 0.224 e. The van der Waals surface area contributed by atoms with Gasteiger partial charge < -0.3 is 15.2 Å². The second-order valence-corrected chi connectivity index (χ2v) is 8.12. The standard InChI is InChI=1S/C22H29N3O3/c26-20-13-16(15-25-11-5-10-23-25)12-19(20)24-22(27)14-17-6-1-4-9-21(17)28-18-7-2-3-8-18/h1,4-6,9-11,16,18-20,26H,2-3,7-8,12-15H2,(H,24,27)/t16?,19-,20-/m1/s1. The molecule has 1 heterocycles. The highest BCUT2D eigenvalue weighted by molar-refractivity contribution is 5.79. The highest BCUT2D eigenvalue weighted by Gasteiger charge is 2.34. The quantitative estimate of drug-likeness (QED) is 0.771. The lowest BCUT2D eigenvalue weighted by atomic mass is 10.1. The van der Waals surface area contributed by atoms with Gasteiger partial charge in [-0.25, -0.2) is 0 Å². The van der Waals surface area contributed by atoms with Gasteiger partial charge in [0.05, 0.1) is 24.7 Å². The van der Waals surface area contributed by atoms with Crippen molar-refractivity contribution in [2.24, 2.45) is 5.92 Å². The minimum absolute atomic E-state index is 0.0636. The van der Waals surface area contributed by atoms with Gasteiger partial charge in [-0.1, -0.05) is 18.2 Å². The fourth-order valence-corrected chi connectivity index (χ4v) is 4.48. The third-order valence-corrected chi connectivity index (χ3v) is 5.90. The predicted octanol–water partition coefficient (Wildman–Crippen LogP) is 2.70. The van der Waals surface area contributed by atoms with Gasteiger partial charge in [-0.2, -0.15) is 5.10 Å². The third kappa shape index (κ3) is 4.73.